The van der Waals surface area contributed by atoms with Gasteiger partial charge in [0.15, 0.2) is 0 Å². The van der Waals surface area contributed by atoms with E-state index in [4.69, 9.17) is 0 Å². The Hall–Kier alpha value is -0.930. The Morgan fingerprint density at radius 2 is 2.06 bits per heavy atom. The average molecular weight is 239 g/mol. The van der Waals surface area contributed by atoms with Crippen molar-refractivity contribution < 1.29 is 9.50 Å². The molecule has 1 rings (SSSR count). The third-order valence-corrected chi connectivity index (χ3v) is 3.15. The third-order valence-electron chi connectivity index (χ3n) is 3.15. The van der Waals surface area contributed by atoms with Gasteiger partial charge >= 0.3 is 0 Å². The summed E-state index contributed by atoms with van der Waals surface area (Å²) in [6.45, 7) is 7.31. The molecule has 1 atom stereocenters. The topological polar surface area (TPSA) is 23.5 Å². The van der Waals surface area contributed by atoms with Crippen LogP contribution in [-0.2, 0) is 6.54 Å². The van der Waals surface area contributed by atoms with Gasteiger partial charge in [-0.3, -0.25) is 0 Å². The first-order chi connectivity index (χ1) is 7.81. The summed E-state index contributed by atoms with van der Waals surface area (Å²) in [7, 11) is 1.98. The van der Waals surface area contributed by atoms with Crippen LogP contribution in [0, 0.1) is 11.2 Å². The Labute approximate surface area is 103 Å². The van der Waals surface area contributed by atoms with Crippen LogP contribution in [0.5, 0.6) is 0 Å². The molecule has 3 heteroatoms. The highest BCUT2D eigenvalue weighted by Crippen LogP contribution is 2.22. The molecule has 0 bridgehead atoms. The van der Waals surface area contributed by atoms with Gasteiger partial charge < -0.3 is 10.0 Å². The number of halogens is 1. The number of rotatable bonds is 5. The third kappa shape index (κ3) is 4.44. The van der Waals surface area contributed by atoms with Gasteiger partial charge in [0, 0.05) is 18.5 Å². The highest BCUT2D eigenvalue weighted by Gasteiger charge is 2.25. The van der Waals surface area contributed by atoms with E-state index in [1.165, 1.54) is 6.07 Å². The minimum Gasteiger partial charge on any atom is -0.393 e. The Morgan fingerprint density at radius 1 is 1.41 bits per heavy atom. The molecule has 0 aliphatic rings. The van der Waals surface area contributed by atoms with Gasteiger partial charge in [-0.25, -0.2) is 4.39 Å². The number of aliphatic hydroxyl groups is 1. The van der Waals surface area contributed by atoms with Crippen LogP contribution in [0.15, 0.2) is 24.3 Å². The molecule has 1 aromatic carbocycles. The Kier molecular flexibility index (Phi) is 4.66. The number of hydrogen-bond acceptors (Lipinski definition) is 2. The minimum absolute atomic E-state index is 0.165. The molecule has 96 valence electrons. The first-order valence-corrected chi connectivity index (χ1v) is 5.92. The fourth-order valence-corrected chi connectivity index (χ4v) is 1.83. The second-order valence-corrected chi connectivity index (χ2v) is 5.47. The summed E-state index contributed by atoms with van der Waals surface area (Å²) in [6, 6.07) is 6.63. The quantitative estimate of drug-likeness (QED) is 0.854. The second kappa shape index (κ2) is 5.61. The van der Waals surface area contributed by atoms with Crippen LogP contribution in [0.1, 0.15) is 26.3 Å². The number of nitrogens with zero attached hydrogens (tertiary/aromatic N) is 1. The zero-order chi connectivity index (χ0) is 13.1. The highest BCUT2D eigenvalue weighted by atomic mass is 19.1. The van der Waals surface area contributed by atoms with E-state index in [1.807, 2.05) is 27.0 Å². The molecule has 1 N–H and O–H groups in total. The molecule has 0 radical (unpaired) electrons. The van der Waals surface area contributed by atoms with Crippen molar-refractivity contribution in [3.05, 3.63) is 35.6 Å². The van der Waals surface area contributed by atoms with Crippen LogP contribution in [0.25, 0.3) is 0 Å². The maximum atomic E-state index is 13.0. The fourth-order valence-electron chi connectivity index (χ4n) is 1.83. The van der Waals surface area contributed by atoms with Gasteiger partial charge in [0.25, 0.3) is 0 Å². The van der Waals surface area contributed by atoms with E-state index >= 15 is 0 Å². The molecule has 0 spiro atoms. The summed E-state index contributed by atoms with van der Waals surface area (Å²) in [5.74, 6) is -0.203. The highest BCUT2D eigenvalue weighted by molar-refractivity contribution is 5.16. The minimum atomic E-state index is -0.363. The Balaban J connectivity index is 2.58. The van der Waals surface area contributed by atoms with Gasteiger partial charge in [-0.1, -0.05) is 26.0 Å². The molecule has 0 aromatic heterocycles. The lowest BCUT2D eigenvalue weighted by molar-refractivity contribution is 0.0392. The molecule has 0 saturated heterocycles. The predicted molar refractivity (Wildman–Crippen MR) is 68.2 cm³/mol. The maximum Gasteiger partial charge on any atom is 0.123 e. The molecule has 1 unspecified atom stereocenters. The molecular weight excluding hydrogens is 217 g/mol. The first-order valence-electron chi connectivity index (χ1n) is 5.92. The van der Waals surface area contributed by atoms with E-state index in [9.17, 15) is 9.50 Å². The average Bonchev–Trinajstić information content (AvgIpc) is 2.15. The summed E-state index contributed by atoms with van der Waals surface area (Å²) in [4.78, 5) is 2.10. The largest absolute Gasteiger partial charge is 0.393 e. The maximum absolute atomic E-state index is 13.0. The van der Waals surface area contributed by atoms with E-state index < -0.39 is 0 Å². The van der Waals surface area contributed by atoms with Crippen LogP contribution in [0.4, 0.5) is 4.39 Å². The Morgan fingerprint density at radius 3 is 2.59 bits per heavy atom. The zero-order valence-electron chi connectivity index (χ0n) is 11.1. The van der Waals surface area contributed by atoms with Crippen molar-refractivity contribution in [3.8, 4) is 0 Å². The molecule has 17 heavy (non-hydrogen) atoms. The molecule has 0 heterocycles. The van der Waals surface area contributed by atoms with E-state index in [1.54, 1.807) is 19.1 Å². The molecule has 0 aliphatic carbocycles. The second-order valence-electron chi connectivity index (χ2n) is 5.47. The molecule has 1 aromatic rings. The SMILES string of the molecule is CC(O)C(C)(C)CN(C)Cc1cccc(F)c1. The van der Waals surface area contributed by atoms with Gasteiger partial charge in [-0.15, -0.1) is 0 Å². The zero-order valence-corrected chi connectivity index (χ0v) is 11.1. The smallest absolute Gasteiger partial charge is 0.123 e. The standard InChI is InChI=1S/C14H22FNO/c1-11(17)14(2,3)10-16(4)9-12-6-5-7-13(15)8-12/h5-8,11,17H,9-10H2,1-4H3. The monoisotopic (exact) mass is 239 g/mol. The Bertz CT molecular complexity index is 363. The van der Waals surface area contributed by atoms with Crippen molar-refractivity contribution >= 4 is 0 Å². The van der Waals surface area contributed by atoms with Crippen molar-refractivity contribution in [1.29, 1.82) is 0 Å². The summed E-state index contributed by atoms with van der Waals surface area (Å²) >= 11 is 0. The molecule has 2 nitrogen and oxygen atoms in total. The fraction of sp³-hybridized carbons (Fsp3) is 0.571. The van der Waals surface area contributed by atoms with E-state index in [2.05, 4.69) is 4.90 Å². The van der Waals surface area contributed by atoms with Gasteiger partial charge in [-0.2, -0.15) is 0 Å². The molecule has 0 saturated carbocycles. The van der Waals surface area contributed by atoms with E-state index in [0.717, 1.165) is 12.1 Å². The number of aliphatic hydroxyl groups excluding tert-OH is 1. The summed E-state index contributed by atoms with van der Waals surface area (Å²) in [5.41, 5.74) is 0.788. The van der Waals surface area contributed by atoms with Crippen molar-refractivity contribution in [2.45, 2.75) is 33.4 Å². The van der Waals surface area contributed by atoms with E-state index in [-0.39, 0.29) is 17.3 Å². The molecule has 0 aliphatic heterocycles. The van der Waals surface area contributed by atoms with Gasteiger partial charge in [0.1, 0.15) is 5.82 Å². The van der Waals surface area contributed by atoms with Crippen molar-refractivity contribution in [2.24, 2.45) is 5.41 Å². The lowest BCUT2D eigenvalue weighted by Gasteiger charge is -2.32. The van der Waals surface area contributed by atoms with Gasteiger partial charge in [-0.05, 0) is 31.7 Å². The number of benzene rings is 1. The number of hydrogen-bond donors (Lipinski definition) is 1. The van der Waals surface area contributed by atoms with Crippen LogP contribution < -0.4 is 0 Å². The molecular formula is C14H22FNO. The lowest BCUT2D eigenvalue weighted by Crippen LogP contribution is -2.38. The van der Waals surface area contributed by atoms with Crippen molar-refractivity contribution in [2.75, 3.05) is 13.6 Å². The van der Waals surface area contributed by atoms with E-state index in [0.29, 0.717) is 6.54 Å². The lowest BCUT2D eigenvalue weighted by atomic mass is 9.87. The normalized spacial score (nSPS) is 14.1. The van der Waals surface area contributed by atoms with Gasteiger partial charge in [0.05, 0.1) is 6.10 Å². The summed E-state index contributed by atoms with van der Waals surface area (Å²) in [5, 5.41) is 9.65. The van der Waals surface area contributed by atoms with Crippen LogP contribution in [0.2, 0.25) is 0 Å². The summed E-state index contributed by atoms with van der Waals surface area (Å²) < 4.78 is 13.0. The predicted octanol–water partition coefficient (Wildman–Crippen LogP) is 2.66. The van der Waals surface area contributed by atoms with Gasteiger partial charge in [0.2, 0.25) is 0 Å². The van der Waals surface area contributed by atoms with Crippen molar-refractivity contribution in [1.82, 2.24) is 4.90 Å². The van der Waals surface area contributed by atoms with Crippen LogP contribution in [-0.4, -0.2) is 29.7 Å². The van der Waals surface area contributed by atoms with Crippen molar-refractivity contribution in [3.63, 3.8) is 0 Å². The summed E-state index contributed by atoms with van der Waals surface area (Å²) in [6.07, 6.45) is -0.363. The first kappa shape index (κ1) is 14.1. The molecule has 0 amide bonds. The van der Waals surface area contributed by atoms with Crippen LogP contribution >= 0.6 is 0 Å². The van der Waals surface area contributed by atoms with Crippen LogP contribution in [0.3, 0.4) is 0 Å². The molecule has 0 fully saturated rings.